The molecule has 0 fully saturated rings. The van der Waals surface area contributed by atoms with E-state index in [1.54, 1.807) is 0 Å². The molecule has 0 rings (SSSR count). The van der Waals surface area contributed by atoms with Crippen LogP contribution < -0.4 is 0 Å². The Bertz CT molecular complexity index is 113. The molecule has 0 aliphatic carbocycles. The lowest BCUT2D eigenvalue weighted by Crippen LogP contribution is -2.38. The van der Waals surface area contributed by atoms with Crippen molar-refractivity contribution in [2.24, 2.45) is 0 Å². The number of halogens is 1. The second kappa shape index (κ2) is 2.99. The van der Waals surface area contributed by atoms with E-state index in [0.717, 1.165) is 0 Å². The molecule has 0 radical (unpaired) electrons. The maximum atomic E-state index is 11.9. The lowest BCUT2D eigenvalue weighted by Gasteiger charge is -2.33. The van der Waals surface area contributed by atoms with E-state index < -0.39 is 17.8 Å². The minimum Gasteiger partial charge on any atom is -0.431 e. The molecule has 0 bridgehead atoms. The molecule has 0 aromatic heterocycles. The smallest absolute Gasteiger partial charge is 0.198 e. The van der Waals surface area contributed by atoms with Gasteiger partial charge in [-0.2, -0.15) is 4.39 Å². The lowest BCUT2D eigenvalue weighted by atomic mass is 10.5. The van der Waals surface area contributed by atoms with Crippen LogP contribution in [0.5, 0.6) is 0 Å². The van der Waals surface area contributed by atoms with Gasteiger partial charge in [-0.05, 0) is 0 Å². The van der Waals surface area contributed by atoms with Gasteiger partial charge in [0.2, 0.25) is 0 Å². The molecule has 2 nitrogen and oxygen atoms in total. The second-order valence-corrected chi connectivity index (χ2v) is 2.06. The molecular weight excluding hydrogens is 108 g/mol. The molecule has 0 saturated carbocycles. The molecule has 0 saturated heterocycles. The molecule has 3 heteroatoms. The summed E-state index contributed by atoms with van der Waals surface area (Å²) in [6.07, 6.45) is 0. The Morgan fingerprint density at radius 3 is 2.62 bits per heavy atom. The predicted molar refractivity (Wildman–Crippen MR) is 29.5 cm³/mol. The van der Waals surface area contributed by atoms with Crippen molar-refractivity contribution in [2.75, 3.05) is 26.9 Å². The van der Waals surface area contributed by atoms with Gasteiger partial charge < -0.3 is 9.59 Å². The van der Waals surface area contributed by atoms with Crippen molar-refractivity contribution in [1.82, 2.24) is 0 Å². The predicted octanol–water partition coefficient (Wildman–Crippen LogP) is 0.144. The van der Waals surface area contributed by atoms with Crippen LogP contribution in [0.3, 0.4) is 0 Å². The summed E-state index contributed by atoms with van der Waals surface area (Å²) in [5.41, 5.74) is 0. The van der Waals surface area contributed by atoms with Crippen LogP contribution >= 0.6 is 0 Å². The largest absolute Gasteiger partial charge is 0.431 e. The maximum absolute atomic E-state index is 11.9. The molecule has 1 unspecified atom stereocenters. The zero-order chi connectivity index (χ0) is 8.41. The van der Waals surface area contributed by atoms with Gasteiger partial charge in [0.25, 0.3) is 0 Å². The molecule has 0 aliphatic heterocycles. The van der Waals surface area contributed by atoms with Crippen LogP contribution in [0.1, 0.15) is 2.74 Å². The van der Waals surface area contributed by atoms with E-state index >= 15 is 0 Å². The van der Waals surface area contributed by atoms with Crippen LogP contribution in [0.4, 0.5) is 4.39 Å². The van der Waals surface area contributed by atoms with Gasteiger partial charge in [-0.25, -0.2) is 0 Å². The highest BCUT2D eigenvalue weighted by atomic mass is 18.2. The molecule has 0 aromatic carbocycles. The summed E-state index contributed by atoms with van der Waals surface area (Å²) in [6, 6.07) is 0. The van der Waals surface area contributed by atoms with Crippen LogP contribution in [0.25, 0.3) is 0 Å². The SMILES string of the molecule is [2H]C([2H])(O)C[N+]([CH2-])(C)C[18F]. The number of hydrogen-bond acceptors (Lipinski definition) is 1. The van der Waals surface area contributed by atoms with E-state index in [1.807, 2.05) is 0 Å². The quantitative estimate of drug-likeness (QED) is 0.321. The third kappa shape index (κ3) is 2.93. The van der Waals surface area contributed by atoms with E-state index in [-0.39, 0.29) is 6.54 Å². The molecule has 8 heavy (non-hydrogen) atoms. The molecule has 1 atom stereocenters. The van der Waals surface area contributed by atoms with E-state index in [1.165, 1.54) is 7.05 Å². The molecule has 0 aromatic rings. The Morgan fingerprint density at radius 1 is 2.00 bits per heavy atom. The highest BCUT2D eigenvalue weighted by Crippen LogP contribution is 1.96. The minimum absolute atomic E-state index is 0.344. The average Bonchev–Trinajstić information content (AvgIpc) is 1.60. The van der Waals surface area contributed by atoms with Crippen molar-refractivity contribution >= 4 is 0 Å². The van der Waals surface area contributed by atoms with Crippen LogP contribution in [0.15, 0.2) is 0 Å². The van der Waals surface area contributed by atoms with E-state index in [9.17, 15) is 4.39 Å². The van der Waals surface area contributed by atoms with Crippen LogP contribution in [0, 0.1) is 7.05 Å². The first-order valence-corrected chi connectivity index (χ1v) is 2.24. The summed E-state index contributed by atoms with van der Waals surface area (Å²) in [5, 5.41) is 8.60. The van der Waals surface area contributed by atoms with Gasteiger partial charge in [0.05, 0.1) is 15.8 Å². The number of nitrogens with zero attached hydrogens (tertiary/aromatic N) is 1. The van der Waals surface area contributed by atoms with Gasteiger partial charge in [-0.15, -0.1) is 7.05 Å². The molecule has 0 aliphatic rings. The summed E-state index contributed by atoms with van der Waals surface area (Å²) in [4.78, 5) is 0. The Balaban J connectivity index is 3.89. The van der Waals surface area contributed by atoms with Crippen molar-refractivity contribution in [3.63, 3.8) is 0 Å². The normalized spacial score (nSPS) is 23.5. The fourth-order valence-corrected chi connectivity index (χ4v) is 0.213. The highest BCUT2D eigenvalue weighted by Gasteiger charge is 2.03. The van der Waals surface area contributed by atoms with E-state index in [4.69, 9.17) is 7.85 Å². The van der Waals surface area contributed by atoms with Gasteiger partial charge >= 0.3 is 0 Å². The molecule has 50 valence electrons. The van der Waals surface area contributed by atoms with Crippen LogP contribution in [0.2, 0.25) is 0 Å². The Kier molecular flexibility index (Phi) is 1.76. The molecule has 0 amide bonds. The molecule has 0 spiro atoms. The number of quaternary nitrogens is 1. The molecular formula is C5H12FNO. The van der Waals surface area contributed by atoms with Gasteiger partial charge in [-0.3, -0.25) is 0 Å². The van der Waals surface area contributed by atoms with Crippen molar-refractivity contribution in [2.45, 2.75) is 0 Å². The van der Waals surface area contributed by atoms with Crippen molar-refractivity contribution in [3.05, 3.63) is 7.05 Å². The van der Waals surface area contributed by atoms with Crippen molar-refractivity contribution in [3.8, 4) is 0 Å². The summed E-state index contributed by atoms with van der Waals surface area (Å²) < 4.78 is 24.9. The number of rotatable bonds is 3. The summed E-state index contributed by atoms with van der Waals surface area (Å²) in [7, 11) is 4.73. The number of aliphatic hydroxyl groups is 1. The van der Waals surface area contributed by atoms with Crippen LogP contribution in [-0.2, 0) is 0 Å². The van der Waals surface area contributed by atoms with Gasteiger partial charge in [-0.1, -0.05) is 0 Å². The Morgan fingerprint density at radius 2 is 2.50 bits per heavy atom. The van der Waals surface area contributed by atoms with E-state index in [0.29, 0.717) is 0 Å². The van der Waals surface area contributed by atoms with Gasteiger partial charge in [0.15, 0.2) is 6.80 Å². The Labute approximate surface area is 51.9 Å². The second-order valence-electron chi connectivity index (χ2n) is 2.06. The Hall–Kier alpha value is -0.150. The molecule has 0 heterocycles. The third-order valence-corrected chi connectivity index (χ3v) is 0.741. The standard InChI is InChI=1S/C5H12FNO/c1-7(2,5-6)3-4-8/h8H,1,3-5H2,2H3/i4D2,6-1. The van der Waals surface area contributed by atoms with E-state index in [2.05, 4.69) is 7.05 Å². The number of likely N-dealkylation sites (N-methyl/N-ethyl adjacent to an activating group) is 1. The fraction of sp³-hybridized carbons (Fsp3) is 0.800. The third-order valence-electron chi connectivity index (χ3n) is 0.741. The van der Waals surface area contributed by atoms with Gasteiger partial charge in [0, 0.05) is 7.05 Å². The monoisotopic (exact) mass is 122 g/mol. The van der Waals surface area contributed by atoms with Crippen LogP contribution in [-0.4, -0.2) is 36.5 Å². The number of alkyl halides is 1. The van der Waals surface area contributed by atoms with Gasteiger partial charge in [0.1, 0.15) is 0 Å². The molecule has 1 N–H and O–H groups in total. The fourth-order valence-electron chi connectivity index (χ4n) is 0.213. The average molecular weight is 122 g/mol. The first kappa shape index (κ1) is 4.70. The zero-order valence-corrected chi connectivity index (χ0v) is 4.89. The highest BCUT2D eigenvalue weighted by molar-refractivity contribution is 4.26. The van der Waals surface area contributed by atoms with Crippen molar-refractivity contribution < 1.29 is 16.7 Å². The van der Waals surface area contributed by atoms with Crippen molar-refractivity contribution in [1.29, 1.82) is 0 Å². The number of hydrogen-bond donors (Lipinski definition) is 1. The first-order valence-electron chi connectivity index (χ1n) is 3.24. The minimum atomic E-state index is -2.34. The topological polar surface area (TPSA) is 20.2 Å². The zero-order valence-electron chi connectivity index (χ0n) is 6.89. The summed E-state index contributed by atoms with van der Waals surface area (Å²) >= 11 is 0. The summed E-state index contributed by atoms with van der Waals surface area (Å²) in [5.74, 6) is 0. The summed E-state index contributed by atoms with van der Waals surface area (Å²) in [6.45, 7) is -3.48. The lowest BCUT2D eigenvalue weighted by molar-refractivity contribution is -0.879. The first-order chi connectivity index (χ1) is 4.27. The maximum Gasteiger partial charge on any atom is 0.198 e.